The Kier molecular flexibility index (Phi) is 5.50. The van der Waals surface area contributed by atoms with Crippen LogP contribution in [0.3, 0.4) is 0 Å². The molecule has 0 aromatic rings. The minimum atomic E-state index is -1.48. The minimum absolute atomic E-state index is 0.931. The summed E-state index contributed by atoms with van der Waals surface area (Å²) in [7, 11) is -1.48. The molecule has 12 heavy (non-hydrogen) atoms. The van der Waals surface area contributed by atoms with E-state index in [1.165, 1.54) is 18.0 Å². The Bertz CT molecular complexity index is 150. The molecular weight excluding hydrogens is 164 g/mol. The number of unbranched alkanes of at least 4 members (excludes halogenated alkanes) is 1. The third-order valence-electron chi connectivity index (χ3n) is 2.34. The van der Waals surface area contributed by atoms with Crippen LogP contribution in [0.1, 0.15) is 33.6 Å². The van der Waals surface area contributed by atoms with Crippen molar-refractivity contribution in [2.45, 2.75) is 46.7 Å². The van der Waals surface area contributed by atoms with Crippen LogP contribution in [0.25, 0.3) is 0 Å². The Morgan fingerprint density at radius 3 is 2.42 bits per heavy atom. The molecule has 0 saturated carbocycles. The van der Waals surface area contributed by atoms with Crippen LogP contribution in [0.2, 0.25) is 13.1 Å². The maximum atomic E-state index is 5.89. The van der Waals surface area contributed by atoms with E-state index in [-0.39, 0.29) is 0 Å². The summed E-state index contributed by atoms with van der Waals surface area (Å²) in [6.45, 7) is 11.9. The molecule has 0 unspecified atom stereocenters. The van der Waals surface area contributed by atoms with E-state index in [0.29, 0.717) is 0 Å². The maximum absolute atomic E-state index is 5.89. The molecule has 0 heterocycles. The molecule has 1 nitrogen and oxygen atoms in total. The standard InChI is InChI=1S/C10H22OSi/c1-6-8-9-11-12(4,5)10(3)7-2/h7H,6,8-9H2,1-5H3/b10-7+. The number of rotatable bonds is 5. The summed E-state index contributed by atoms with van der Waals surface area (Å²) in [6.07, 6.45) is 4.59. The van der Waals surface area contributed by atoms with Gasteiger partial charge in [-0.1, -0.05) is 24.6 Å². The second-order valence-corrected chi connectivity index (χ2v) is 7.78. The molecule has 0 amide bonds. The van der Waals surface area contributed by atoms with Gasteiger partial charge in [0.1, 0.15) is 0 Å². The summed E-state index contributed by atoms with van der Waals surface area (Å²) in [5.74, 6) is 0. The second-order valence-electron chi connectivity index (χ2n) is 3.68. The van der Waals surface area contributed by atoms with Crippen molar-refractivity contribution >= 4 is 8.32 Å². The fraction of sp³-hybridized carbons (Fsp3) is 0.800. The third kappa shape index (κ3) is 4.07. The number of allylic oxidation sites excluding steroid dienone is 2. The van der Waals surface area contributed by atoms with Crippen molar-refractivity contribution in [2.75, 3.05) is 6.61 Å². The van der Waals surface area contributed by atoms with Gasteiger partial charge in [-0.2, -0.15) is 0 Å². The summed E-state index contributed by atoms with van der Waals surface area (Å²) in [5.41, 5.74) is 0. The summed E-state index contributed by atoms with van der Waals surface area (Å²) < 4.78 is 5.89. The molecule has 0 aliphatic heterocycles. The topological polar surface area (TPSA) is 9.23 Å². The molecule has 0 saturated heterocycles. The van der Waals surface area contributed by atoms with Gasteiger partial charge in [0, 0.05) is 6.61 Å². The first-order valence-electron chi connectivity index (χ1n) is 4.82. The van der Waals surface area contributed by atoms with Gasteiger partial charge in [0.2, 0.25) is 8.32 Å². The van der Waals surface area contributed by atoms with Gasteiger partial charge in [-0.25, -0.2) is 0 Å². The van der Waals surface area contributed by atoms with E-state index in [1.54, 1.807) is 0 Å². The van der Waals surface area contributed by atoms with Gasteiger partial charge in [-0.05, 0) is 33.4 Å². The number of hydrogen-bond donors (Lipinski definition) is 0. The van der Waals surface area contributed by atoms with Gasteiger partial charge in [-0.15, -0.1) is 0 Å². The zero-order valence-corrected chi connectivity index (χ0v) is 10.1. The molecule has 0 aromatic carbocycles. The zero-order valence-electron chi connectivity index (χ0n) is 9.11. The summed E-state index contributed by atoms with van der Waals surface area (Å²) in [5, 5.41) is 1.44. The summed E-state index contributed by atoms with van der Waals surface area (Å²) >= 11 is 0. The maximum Gasteiger partial charge on any atom is 0.213 e. The Morgan fingerprint density at radius 2 is 2.00 bits per heavy atom. The molecule has 0 atom stereocenters. The molecule has 2 heteroatoms. The second kappa shape index (κ2) is 5.54. The fourth-order valence-electron chi connectivity index (χ4n) is 0.933. The highest BCUT2D eigenvalue weighted by Crippen LogP contribution is 2.15. The highest BCUT2D eigenvalue weighted by atomic mass is 28.4. The van der Waals surface area contributed by atoms with Gasteiger partial charge in [0.25, 0.3) is 0 Å². The zero-order chi connectivity index (χ0) is 9.61. The first kappa shape index (κ1) is 11.9. The Morgan fingerprint density at radius 1 is 1.42 bits per heavy atom. The van der Waals surface area contributed by atoms with Crippen molar-refractivity contribution in [2.24, 2.45) is 0 Å². The van der Waals surface area contributed by atoms with Crippen LogP contribution in [0, 0.1) is 0 Å². The lowest BCUT2D eigenvalue weighted by atomic mass is 10.4. The molecular formula is C10H22OSi. The van der Waals surface area contributed by atoms with Crippen LogP contribution in [-0.4, -0.2) is 14.9 Å². The van der Waals surface area contributed by atoms with Crippen LogP contribution < -0.4 is 0 Å². The van der Waals surface area contributed by atoms with Crippen molar-refractivity contribution in [3.8, 4) is 0 Å². The fourth-order valence-corrected chi connectivity index (χ4v) is 2.51. The Hall–Kier alpha value is -0.0831. The smallest absolute Gasteiger partial charge is 0.213 e. The van der Waals surface area contributed by atoms with Gasteiger partial charge in [0.05, 0.1) is 0 Å². The third-order valence-corrected chi connectivity index (χ3v) is 5.46. The molecule has 0 bridgehead atoms. The van der Waals surface area contributed by atoms with Crippen molar-refractivity contribution in [3.05, 3.63) is 11.3 Å². The highest BCUT2D eigenvalue weighted by molar-refractivity contribution is 6.78. The van der Waals surface area contributed by atoms with E-state index in [4.69, 9.17) is 4.43 Å². The van der Waals surface area contributed by atoms with Gasteiger partial charge in [-0.3, -0.25) is 0 Å². The van der Waals surface area contributed by atoms with Crippen molar-refractivity contribution in [3.63, 3.8) is 0 Å². The lowest BCUT2D eigenvalue weighted by Gasteiger charge is -2.23. The molecule has 0 radical (unpaired) electrons. The highest BCUT2D eigenvalue weighted by Gasteiger charge is 2.23. The number of hydrogen-bond acceptors (Lipinski definition) is 1. The summed E-state index contributed by atoms with van der Waals surface area (Å²) in [4.78, 5) is 0. The predicted molar refractivity (Wildman–Crippen MR) is 57.8 cm³/mol. The average molecular weight is 186 g/mol. The molecule has 0 fully saturated rings. The van der Waals surface area contributed by atoms with Crippen molar-refractivity contribution in [1.29, 1.82) is 0 Å². The van der Waals surface area contributed by atoms with E-state index in [1.807, 2.05) is 0 Å². The van der Waals surface area contributed by atoms with Gasteiger partial charge >= 0.3 is 0 Å². The van der Waals surface area contributed by atoms with E-state index in [9.17, 15) is 0 Å². The molecule has 0 spiro atoms. The Balaban J connectivity index is 3.87. The van der Waals surface area contributed by atoms with Crippen LogP contribution >= 0.6 is 0 Å². The minimum Gasteiger partial charge on any atom is -0.413 e. The molecule has 0 aromatic heterocycles. The van der Waals surface area contributed by atoms with Crippen LogP contribution in [-0.2, 0) is 4.43 Å². The largest absolute Gasteiger partial charge is 0.413 e. The average Bonchev–Trinajstić information content (AvgIpc) is 2.03. The van der Waals surface area contributed by atoms with Crippen molar-refractivity contribution < 1.29 is 4.43 Å². The SMILES string of the molecule is C/C=C(\C)[Si](C)(C)OCCCC. The molecule has 72 valence electrons. The molecule has 0 N–H and O–H groups in total. The van der Waals surface area contributed by atoms with E-state index in [2.05, 4.69) is 39.9 Å². The normalized spacial score (nSPS) is 13.6. The summed E-state index contributed by atoms with van der Waals surface area (Å²) in [6, 6.07) is 0. The van der Waals surface area contributed by atoms with Crippen LogP contribution in [0.15, 0.2) is 11.3 Å². The van der Waals surface area contributed by atoms with Crippen molar-refractivity contribution in [1.82, 2.24) is 0 Å². The van der Waals surface area contributed by atoms with Crippen LogP contribution in [0.4, 0.5) is 0 Å². The molecule has 0 aliphatic carbocycles. The first-order chi connectivity index (χ1) is 5.54. The lowest BCUT2D eigenvalue weighted by molar-refractivity contribution is 0.304. The first-order valence-corrected chi connectivity index (χ1v) is 7.72. The van der Waals surface area contributed by atoms with Crippen LogP contribution in [0.5, 0.6) is 0 Å². The lowest BCUT2D eigenvalue weighted by Crippen LogP contribution is -2.32. The predicted octanol–water partition coefficient (Wildman–Crippen LogP) is 3.51. The van der Waals surface area contributed by atoms with Gasteiger partial charge in [0.15, 0.2) is 0 Å². The van der Waals surface area contributed by atoms with Gasteiger partial charge < -0.3 is 4.43 Å². The van der Waals surface area contributed by atoms with E-state index < -0.39 is 8.32 Å². The van der Waals surface area contributed by atoms with E-state index >= 15 is 0 Å². The quantitative estimate of drug-likeness (QED) is 0.471. The van der Waals surface area contributed by atoms with E-state index in [0.717, 1.165) is 6.61 Å². The molecule has 0 aliphatic rings. The molecule has 0 rings (SSSR count). The Labute approximate surface area is 78.0 Å². The monoisotopic (exact) mass is 186 g/mol.